The van der Waals surface area contributed by atoms with Gasteiger partial charge in [-0.2, -0.15) is 0 Å². The van der Waals surface area contributed by atoms with Crippen LogP contribution in [0.5, 0.6) is 0 Å². The van der Waals surface area contributed by atoms with Crippen molar-refractivity contribution in [2.75, 3.05) is 24.2 Å². The van der Waals surface area contributed by atoms with Crippen molar-refractivity contribution in [2.45, 2.75) is 26.2 Å². The van der Waals surface area contributed by atoms with E-state index in [1.54, 1.807) is 0 Å². The van der Waals surface area contributed by atoms with Gasteiger partial charge in [-0.1, -0.05) is 6.42 Å². The average molecular weight is 234 g/mol. The van der Waals surface area contributed by atoms with Crippen molar-refractivity contribution in [2.24, 2.45) is 11.8 Å². The molecule has 1 fully saturated rings. The lowest BCUT2D eigenvalue weighted by atomic mass is 9.97. The van der Waals surface area contributed by atoms with Gasteiger partial charge in [0.05, 0.1) is 0 Å². The Kier molecular flexibility index (Phi) is 3.89. The molecule has 94 valence electrons. The molecule has 0 heterocycles. The van der Waals surface area contributed by atoms with Crippen LogP contribution in [0, 0.1) is 18.8 Å². The second-order valence-corrected chi connectivity index (χ2v) is 5.15. The Morgan fingerprint density at radius 3 is 2.76 bits per heavy atom. The van der Waals surface area contributed by atoms with Gasteiger partial charge in [0.2, 0.25) is 0 Å². The van der Waals surface area contributed by atoms with Gasteiger partial charge in [0.1, 0.15) is 0 Å². The number of aliphatic hydroxyl groups is 1. The van der Waals surface area contributed by atoms with E-state index < -0.39 is 0 Å². The highest BCUT2D eigenvalue weighted by atomic mass is 16.3. The van der Waals surface area contributed by atoms with Crippen LogP contribution >= 0.6 is 0 Å². The van der Waals surface area contributed by atoms with E-state index in [4.69, 9.17) is 5.73 Å². The quantitative estimate of drug-likeness (QED) is 0.701. The van der Waals surface area contributed by atoms with Crippen LogP contribution in [0.1, 0.15) is 24.8 Å². The maximum atomic E-state index is 9.27. The largest absolute Gasteiger partial charge is 0.399 e. The van der Waals surface area contributed by atoms with Gasteiger partial charge in [0, 0.05) is 24.5 Å². The number of anilines is 2. The number of benzene rings is 1. The van der Waals surface area contributed by atoms with Crippen LogP contribution in [0.3, 0.4) is 0 Å². The van der Waals surface area contributed by atoms with Gasteiger partial charge in [-0.15, -0.1) is 0 Å². The lowest BCUT2D eigenvalue weighted by molar-refractivity contribution is 0.199. The molecule has 0 radical (unpaired) electrons. The van der Waals surface area contributed by atoms with E-state index >= 15 is 0 Å². The maximum Gasteiger partial charge on any atom is 0.0462 e. The van der Waals surface area contributed by atoms with E-state index in [2.05, 4.69) is 11.4 Å². The number of hydrogen-bond acceptors (Lipinski definition) is 3. The number of aliphatic hydroxyl groups excluding tert-OH is 1. The summed E-state index contributed by atoms with van der Waals surface area (Å²) in [5, 5.41) is 12.7. The monoisotopic (exact) mass is 234 g/mol. The van der Waals surface area contributed by atoms with E-state index in [1.807, 2.05) is 19.1 Å². The number of aryl methyl sites for hydroxylation is 1. The minimum Gasteiger partial charge on any atom is -0.399 e. The summed E-state index contributed by atoms with van der Waals surface area (Å²) in [6, 6.07) is 6.05. The highest BCUT2D eigenvalue weighted by Crippen LogP contribution is 2.31. The van der Waals surface area contributed by atoms with Gasteiger partial charge in [0.25, 0.3) is 0 Å². The Morgan fingerprint density at radius 1 is 1.29 bits per heavy atom. The van der Waals surface area contributed by atoms with E-state index in [9.17, 15) is 5.11 Å². The Labute approximate surface area is 103 Å². The van der Waals surface area contributed by atoms with Crippen molar-refractivity contribution < 1.29 is 5.11 Å². The van der Waals surface area contributed by atoms with Crippen LogP contribution in [0.2, 0.25) is 0 Å². The summed E-state index contributed by atoms with van der Waals surface area (Å²) in [6.45, 7) is 3.31. The first kappa shape index (κ1) is 12.2. The molecule has 0 aromatic heterocycles. The molecule has 1 aromatic rings. The zero-order chi connectivity index (χ0) is 12.3. The van der Waals surface area contributed by atoms with E-state index in [0.717, 1.165) is 17.9 Å². The fraction of sp³-hybridized carbons (Fsp3) is 0.571. The molecule has 0 aliphatic heterocycles. The molecule has 0 amide bonds. The van der Waals surface area contributed by atoms with Crippen LogP contribution in [-0.4, -0.2) is 18.3 Å². The number of nitrogen functional groups attached to an aromatic ring is 1. The zero-order valence-corrected chi connectivity index (χ0v) is 10.4. The lowest BCUT2D eigenvalue weighted by Gasteiger charge is -2.18. The molecular formula is C14H22N2O. The Hall–Kier alpha value is -1.22. The molecule has 0 spiro atoms. The van der Waals surface area contributed by atoms with Gasteiger partial charge in [0.15, 0.2) is 0 Å². The van der Waals surface area contributed by atoms with E-state index in [-0.39, 0.29) is 0 Å². The van der Waals surface area contributed by atoms with Crippen molar-refractivity contribution in [3.05, 3.63) is 23.8 Å². The van der Waals surface area contributed by atoms with Gasteiger partial charge in [-0.05, 0) is 55.4 Å². The third-order valence-electron chi connectivity index (χ3n) is 3.72. The molecule has 0 saturated heterocycles. The third-order valence-corrected chi connectivity index (χ3v) is 3.72. The van der Waals surface area contributed by atoms with Crippen LogP contribution in [0.25, 0.3) is 0 Å². The molecule has 1 aliphatic rings. The second-order valence-electron chi connectivity index (χ2n) is 5.15. The molecule has 1 aromatic carbocycles. The summed E-state index contributed by atoms with van der Waals surface area (Å²) in [5.74, 6) is 1.08. The van der Waals surface area contributed by atoms with Gasteiger partial charge in [-0.25, -0.2) is 0 Å². The SMILES string of the molecule is Cc1cc(N)cc(NCC2CCCC2CO)c1. The highest BCUT2D eigenvalue weighted by molar-refractivity contribution is 5.56. The molecule has 3 nitrogen and oxygen atoms in total. The number of rotatable bonds is 4. The predicted molar refractivity (Wildman–Crippen MR) is 72.0 cm³/mol. The topological polar surface area (TPSA) is 58.3 Å². The Morgan fingerprint density at radius 2 is 2.06 bits per heavy atom. The number of nitrogens with one attached hydrogen (secondary N) is 1. The predicted octanol–water partition coefficient (Wildman–Crippen LogP) is 2.40. The van der Waals surface area contributed by atoms with E-state index in [0.29, 0.717) is 18.4 Å². The van der Waals surface area contributed by atoms with Crippen LogP contribution in [0.15, 0.2) is 18.2 Å². The van der Waals surface area contributed by atoms with Crippen molar-refractivity contribution >= 4 is 11.4 Å². The number of hydrogen-bond donors (Lipinski definition) is 3. The summed E-state index contributed by atoms with van der Waals surface area (Å²) in [7, 11) is 0. The molecular weight excluding hydrogens is 212 g/mol. The molecule has 2 rings (SSSR count). The molecule has 1 saturated carbocycles. The average Bonchev–Trinajstić information content (AvgIpc) is 2.72. The van der Waals surface area contributed by atoms with Gasteiger partial charge < -0.3 is 16.2 Å². The third kappa shape index (κ3) is 3.13. The van der Waals surface area contributed by atoms with Crippen LogP contribution in [0.4, 0.5) is 11.4 Å². The zero-order valence-electron chi connectivity index (χ0n) is 10.4. The fourth-order valence-electron chi connectivity index (χ4n) is 2.79. The first-order chi connectivity index (χ1) is 8.19. The van der Waals surface area contributed by atoms with Crippen molar-refractivity contribution in [1.29, 1.82) is 0 Å². The van der Waals surface area contributed by atoms with Crippen molar-refractivity contribution in [3.8, 4) is 0 Å². The summed E-state index contributed by atoms with van der Waals surface area (Å²) in [6.07, 6.45) is 3.63. The van der Waals surface area contributed by atoms with Crippen molar-refractivity contribution in [3.63, 3.8) is 0 Å². The Bertz CT molecular complexity index is 358. The van der Waals surface area contributed by atoms with Crippen molar-refractivity contribution in [1.82, 2.24) is 0 Å². The first-order valence-corrected chi connectivity index (χ1v) is 6.41. The minimum atomic E-state index is 0.322. The van der Waals surface area contributed by atoms with Gasteiger partial charge in [-0.3, -0.25) is 0 Å². The molecule has 2 atom stereocenters. The summed E-state index contributed by atoms with van der Waals surface area (Å²) >= 11 is 0. The molecule has 1 aliphatic carbocycles. The number of nitrogens with two attached hydrogens (primary N) is 1. The lowest BCUT2D eigenvalue weighted by Crippen LogP contribution is -2.20. The molecule has 4 N–H and O–H groups in total. The summed E-state index contributed by atoms with van der Waals surface area (Å²) < 4.78 is 0. The summed E-state index contributed by atoms with van der Waals surface area (Å²) in [4.78, 5) is 0. The first-order valence-electron chi connectivity index (χ1n) is 6.41. The summed E-state index contributed by atoms with van der Waals surface area (Å²) in [5.41, 5.74) is 8.89. The smallest absolute Gasteiger partial charge is 0.0462 e. The molecule has 17 heavy (non-hydrogen) atoms. The normalized spacial score (nSPS) is 23.9. The fourth-order valence-corrected chi connectivity index (χ4v) is 2.79. The Balaban J connectivity index is 1.93. The maximum absolute atomic E-state index is 9.27. The van der Waals surface area contributed by atoms with Crippen LogP contribution in [-0.2, 0) is 0 Å². The van der Waals surface area contributed by atoms with Gasteiger partial charge >= 0.3 is 0 Å². The molecule has 3 heteroatoms. The molecule has 0 bridgehead atoms. The van der Waals surface area contributed by atoms with E-state index in [1.165, 1.54) is 24.8 Å². The minimum absolute atomic E-state index is 0.322. The van der Waals surface area contributed by atoms with Crippen LogP contribution < -0.4 is 11.1 Å². The standard InChI is InChI=1S/C14H22N2O/c1-10-5-13(15)7-14(6-10)16-8-11-3-2-4-12(11)9-17/h5-7,11-12,16-17H,2-4,8-9,15H2,1H3. The molecule has 2 unspecified atom stereocenters. The highest BCUT2D eigenvalue weighted by Gasteiger charge is 2.26. The second kappa shape index (κ2) is 5.41.